The maximum atomic E-state index is 12.8. The molecule has 1 aliphatic heterocycles. The molecule has 7 nitrogen and oxygen atoms in total. The van der Waals surface area contributed by atoms with Crippen LogP contribution in [-0.4, -0.2) is 61.5 Å². The highest BCUT2D eigenvalue weighted by Crippen LogP contribution is 2.39. The molecule has 3 aromatic carbocycles. The first-order valence-corrected chi connectivity index (χ1v) is 15.9. The number of carbonyl (C=O) groups excluding carboxylic acids is 2. The minimum absolute atomic E-state index is 0.0233. The maximum absolute atomic E-state index is 12.8. The molecule has 0 spiro atoms. The second kappa shape index (κ2) is 14.9. The van der Waals surface area contributed by atoms with Crippen molar-refractivity contribution in [1.29, 1.82) is 0 Å². The zero-order valence-corrected chi connectivity index (χ0v) is 26.3. The first-order chi connectivity index (χ1) is 21.2. The normalized spacial score (nSPS) is 19.8. The summed E-state index contributed by atoms with van der Waals surface area (Å²) in [4.78, 5) is 27.1. The number of amides is 1. The Kier molecular flexibility index (Phi) is 10.7. The van der Waals surface area contributed by atoms with Crippen molar-refractivity contribution in [3.8, 4) is 11.1 Å². The van der Waals surface area contributed by atoms with E-state index in [1.54, 1.807) is 0 Å². The summed E-state index contributed by atoms with van der Waals surface area (Å²) in [5, 5.41) is 2.98. The number of rotatable bonds is 12. The lowest BCUT2D eigenvalue weighted by Gasteiger charge is -2.20. The molecule has 0 radical (unpaired) electrons. The van der Waals surface area contributed by atoms with Crippen LogP contribution in [-0.2, 0) is 31.8 Å². The molecule has 1 amide bonds. The third kappa shape index (κ3) is 9.41. The first-order valence-electron chi connectivity index (χ1n) is 15.9. The van der Waals surface area contributed by atoms with Gasteiger partial charge in [0.1, 0.15) is 11.7 Å². The van der Waals surface area contributed by atoms with E-state index < -0.39 is 5.60 Å². The Morgan fingerprint density at radius 3 is 2.14 bits per heavy atom. The molecule has 3 atom stereocenters. The van der Waals surface area contributed by atoms with Gasteiger partial charge in [0.15, 0.2) is 0 Å². The van der Waals surface area contributed by atoms with Crippen molar-refractivity contribution < 1.29 is 23.8 Å². The molecule has 3 aromatic rings. The number of para-hydroxylation sites is 1. The SMILES string of the molecule is CC(C)(C)OC(=O)CCOCCc1ccc(CCN2C[C@H]3C[C@@H](OC(=O)Nc4ccccc4-c4ccccc4)C[C@H]3C2)cc1. The lowest BCUT2D eigenvalue weighted by molar-refractivity contribution is -0.156. The van der Waals surface area contributed by atoms with Gasteiger partial charge >= 0.3 is 12.1 Å². The second-order valence-electron chi connectivity index (χ2n) is 13.1. The van der Waals surface area contributed by atoms with Crippen molar-refractivity contribution in [3.63, 3.8) is 0 Å². The molecular weight excluding hydrogens is 552 g/mol. The number of fused-ring (bicyclic) bond motifs is 1. The standard InChI is InChI=1S/C37H46N2O5/c1-37(2,3)44-35(40)19-22-42-21-18-28-15-13-27(14-16-28)17-20-39-25-30-23-32(24-31(30)26-39)43-36(41)38-34-12-8-7-11-33(34)29-9-5-4-6-10-29/h4-16,30-32H,17-26H2,1-3H3,(H,38,41)/t30-,31+,32-. The van der Waals surface area contributed by atoms with Crippen molar-refractivity contribution >= 4 is 17.7 Å². The predicted octanol–water partition coefficient (Wildman–Crippen LogP) is 7.15. The van der Waals surface area contributed by atoms with Crippen LogP contribution in [0.3, 0.4) is 0 Å². The fraction of sp³-hybridized carbons (Fsp3) is 0.459. The number of ether oxygens (including phenoxy) is 3. The minimum Gasteiger partial charge on any atom is -0.460 e. The van der Waals surface area contributed by atoms with Crippen molar-refractivity contribution in [2.75, 3.05) is 38.2 Å². The molecule has 1 N–H and O–H groups in total. The number of esters is 1. The molecule has 234 valence electrons. The molecule has 2 fully saturated rings. The van der Waals surface area contributed by atoms with E-state index in [1.807, 2.05) is 75.4 Å². The molecule has 2 aliphatic rings. The van der Waals surface area contributed by atoms with Crippen molar-refractivity contribution in [1.82, 2.24) is 4.90 Å². The predicted molar refractivity (Wildman–Crippen MR) is 174 cm³/mol. The first kappa shape index (κ1) is 31.7. The quantitative estimate of drug-likeness (QED) is 0.176. The number of hydrogen-bond donors (Lipinski definition) is 1. The van der Waals surface area contributed by atoms with Crippen LogP contribution in [0.4, 0.5) is 10.5 Å². The molecule has 1 saturated heterocycles. The third-order valence-corrected chi connectivity index (χ3v) is 8.45. The summed E-state index contributed by atoms with van der Waals surface area (Å²) < 4.78 is 16.8. The fourth-order valence-corrected chi connectivity index (χ4v) is 6.37. The number of hydrogen-bond acceptors (Lipinski definition) is 6. The van der Waals surface area contributed by atoms with Gasteiger partial charge in [-0.2, -0.15) is 0 Å². The van der Waals surface area contributed by atoms with Crippen LogP contribution in [0.1, 0.15) is 51.2 Å². The smallest absolute Gasteiger partial charge is 0.411 e. The molecule has 5 rings (SSSR count). The Hall–Kier alpha value is -3.68. The molecule has 0 aromatic heterocycles. The highest BCUT2D eigenvalue weighted by molar-refractivity contribution is 5.91. The zero-order chi connectivity index (χ0) is 30.9. The Labute approximate surface area is 261 Å². The average Bonchev–Trinajstić information content (AvgIpc) is 3.54. The molecule has 1 saturated carbocycles. The van der Waals surface area contributed by atoms with E-state index in [0.29, 0.717) is 25.0 Å². The van der Waals surface area contributed by atoms with Crippen LogP contribution in [0.5, 0.6) is 0 Å². The molecule has 0 bridgehead atoms. The largest absolute Gasteiger partial charge is 0.460 e. The Balaban J connectivity index is 0.977. The van der Waals surface area contributed by atoms with Crippen molar-refractivity contribution in [2.24, 2.45) is 11.8 Å². The summed E-state index contributed by atoms with van der Waals surface area (Å²) >= 11 is 0. The number of nitrogens with one attached hydrogen (secondary N) is 1. The van der Waals surface area contributed by atoms with Gasteiger partial charge in [-0.25, -0.2) is 4.79 Å². The minimum atomic E-state index is -0.457. The zero-order valence-electron chi connectivity index (χ0n) is 26.3. The number of likely N-dealkylation sites (tertiary alicyclic amines) is 1. The number of nitrogens with zero attached hydrogens (tertiary/aromatic N) is 1. The Morgan fingerprint density at radius 1 is 0.818 bits per heavy atom. The van der Waals surface area contributed by atoms with Crippen LogP contribution >= 0.6 is 0 Å². The lowest BCUT2D eigenvalue weighted by atomic mass is 10.0. The molecular formula is C37H46N2O5. The van der Waals surface area contributed by atoms with Gasteiger partial charge in [-0.3, -0.25) is 10.1 Å². The van der Waals surface area contributed by atoms with E-state index in [0.717, 1.165) is 62.1 Å². The van der Waals surface area contributed by atoms with Gasteiger partial charge < -0.3 is 19.1 Å². The van der Waals surface area contributed by atoms with Crippen molar-refractivity contribution in [3.05, 3.63) is 90.0 Å². The van der Waals surface area contributed by atoms with E-state index in [-0.39, 0.29) is 24.6 Å². The number of benzene rings is 3. The third-order valence-electron chi connectivity index (χ3n) is 8.45. The monoisotopic (exact) mass is 598 g/mol. The van der Waals surface area contributed by atoms with Crippen LogP contribution in [0.15, 0.2) is 78.9 Å². The average molecular weight is 599 g/mol. The van der Waals surface area contributed by atoms with Gasteiger partial charge in [0.25, 0.3) is 0 Å². The summed E-state index contributed by atoms with van der Waals surface area (Å²) in [6.07, 6.45) is 3.60. The Morgan fingerprint density at radius 2 is 1.45 bits per heavy atom. The van der Waals surface area contributed by atoms with Crippen LogP contribution in [0.2, 0.25) is 0 Å². The van der Waals surface area contributed by atoms with Gasteiger partial charge in [0.05, 0.1) is 25.3 Å². The highest BCUT2D eigenvalue weighted by atomic mass is 16.6. The summed E-state index contributed by atoms with van der Waals surface area (Å²) in [7, 11) is 0. The molecule has 7 heteroatoms. The number of carbonyl (C=O) groups is 2. The summed E-state index contributed by atoms with van der Waals surface area (Å²) in [5.41, 5.74) is 4.94. The molecule has 1 aliphatic carbocycles. The van der Waals surface area contributed by atoms with Crippen molar-refractivity contribution in [2.45, 2.75) is 64.6 Å². The van der Waals surface area contributed by atoms with Crippen LogP contribution < -0.4 is 5.32 Å². The van der Waals surface area contributed by atoms with E-state index in [1.165, 1.54) is 11.1 Å². The van der Waals surface area contributed by atoms with E-state index in [4.69, 9.17) is 14.2 Å². The lowest BCUT2D eigenvalue weighted by Crippen LogP contribution is -2.27. The van der Waals surface area contributed by atoms with Gasteiger partial charge in [-0.05, 0) is 81.0 Å². The molecule has 0 unspecified atom stereocenters. The summed E-state index contributed by atoms with van der Waals surface area (Å²) in [5.74, 6) is 0.949. The molecule has 1 heterocycles. The molecule has 44 heavy (non-hydrogen) atoms. The topological polar surface area (TPSA) is 77.1 Å². The van der Waals surface area contributed by atoms with E-state index in [9.17, 15) is 9.59 Å². The van der Waals surface area contributed by atoms with Crippen LogP contribution in [0, 0.1) is 11.8 Å². The van der Waals surface area contributed by atoms with E-state index >= 15 is 0 Å². The van der Waals surface area contributed by atoms with E-state index in [2.05, 4.69) is 34.5 Å². The number of anilines is 1. The van der Waals surface area contributed by atoms with Crippen LogP contribution in [0.25, 0.3) is 11.1 Å². The maximum Gasteiger partial charge on any atom is 0.411 e. The summed E-state index contributed by atoms with van der Waals surface area (Å²) in [6, 6.07) is 26.7. The second-order valence-corrected chi connectivity index (χ2v) is 13.1. The van der Waals surface area contributed by atoms with Gasteiger partial charge in [0.2, 0.25) is 0 Å². The fourth-order valence-electron chi connectivity index (χ4n) is 6.37. The Bertz CT molecular complexity index is 1350. The van der Waals surface area contributed by atoms with Gasteiger partial charge in [0, 0.05) is 25.2 Å². The van der Waals surface area contributed by atoms with Gasteiger partial charge in [-0.1, -0.05) is 72.8 Å². The highest BCUT2D eigenvalue weighted by Gasteiger charge is 2.42. The summed E-state index contributed by atoms with van der Waals surface area (Å²) in [6.45, 7) is 9.77. The van der Waals surface area contributed by atoms with Gasteiger partial charge in [-0.15, -0.1) is 0 Å².